The second-order valence-electron chi connectivity index (χ2n) is 5.74. The minimum atomic E-state index is -0.115. The number of carbonyl (C=O) groups excluding carboxylic acids is 2. The van der Waals surface area contributed by atoms with E-state index in [4.69, 9.17) is 0 Å². The Hall–Kier alpha value is -2.62. The van der Waals surface area contributed by atoms with Crippen molar-refractivity contribution in [3.8, 4) is 0 Å². The van der Waals surface area contributed by atoms with Gasteiger partial charge in [-0.25, -0.2) is 0 Å². The second-order valence-corrected chi connectivity index (χ2v) is 5.74. The molecule has 4 nitrogen and oxygen atoms in total. The van der Waals surface area contributed by atoms with Gasteiger partial charge in [0.15, 0.2) is 0 Å². The van der Waals surface area contributed by atoms with Crippen LogP contribution in [-0.2, 0) is 6.54 Å². The van der Waals surface area contributed by atoms with Gasteiger partial charge in [0.1, 0.15) is 0 Å². The maximum atomic E-state index is 12.5. The molecule has 0 spiro atoms. The molecular weight excluding hydrogens is 288 g/mol. The fourth-order valence-corrected chi connectivity index (χ4v) is 2.35. The Labute approximate surface area is 137 Å². The summed E-state index contributed by atoms with van der Waals surface area (Å²) in [6.45, 7) is 4.53. The molecule has 0 aliphatic heterocycles. The maximum absolute atomic E-state index is 12.5. The third-order valence-corrected chi connectivity index (χ3v) is 3.96. The molecule has 0 saturated heterocycles. The van der Waals surface area contributed by atoms with Gasteiger partial charge < -0.3 is 10.2 Å². The summed E-state index contributed by atoms with van der Waals surface area (Å²) < 4.78 is 0. The fraction of sp³-hybridized carbons (Fsp3) is 0.263. The van der Waals surface area contributed by atoms with Crippen LogP contribution in [0, 0.1) is 13.8 Å². The summed E-state index contributed by atoms with van der Waals surface area (Å²) in [5.74, 6) is -0.125. The Morgan fingerprint density at radius 1 is 0.957 bits per heavy atom. The van der Waals surface area contributed by atoms with Crippen LogP contribution >= 0.6 is 0 Å². The molecule has 2 amide bonds. The lowest BCUT2D eigenvalue weighted by Crippen LogP contribution is -2.26. The van der Waals surface area contributed by atoms with Gasteiger partial charge in [0.2, 0.25) is 0 Å². The first-order chi connectivity index (χ1) is 10.9. The van der Waals surface area contributed by atoms with E-state index in [0.29, 0.717) is 17.7 Å². The van der Waals surface area contributed by atoms with E-state index in [2.05, 4.69) is 5.32 Å². The summed E-state index contributed by atoms with van der Waals surface area (Å²) in [4.78, 5) is 25.7. The van der Waals surface area contributed by atoms with Gasteiger partial charge in [-0.3, -0.25) is 9.59 Å². The van der Waals surface area contributed by atoms with Gasteiger partial charge in [-0.05, 0) is 54.8 Å². The third kappa shape index (κ3) is 3.97. The van der Waals surface area contributed by atoms with E-state index < -0.39 is 0 Å². The minimum Gasteiger partial charge on any atom is -0.355 e. The van der Waals surface area contributed by atoms with Crippen molar-refractivity contribution in [2.75, 3.05) is 14.1 Å². The van der Waals surface area contributed by atoms with E-state index in [1.54, 1.807) is 31.1 Å². The predicted molar refractivity (Wildman–Crippen MR) is 91.5 cm³/mol. The number of amides is 2. The Balaban J connectivity index is 2.08. The zero-order chi connectivity index (χ0) is 17.0. The highest BCUT2D eigenvalue weighted by Gasteiger charge is 2.13. The SMILES string of the molecule is CNC(=O)c1ccc(CN(C)C(=O)c2ccc(C)c(C)c2)cc1. The van der Waals surface area contributed by atoms with Gasteiger partial charge in [-0.15, -0.1) is 0 Å². The van der Waals surface area contributed by atoms with Gasteiger partial charge in [0.05, 0.1) is 0 Å². The molecule has 23 heavy (non-hydrogen) atoms. The Morgan fingerprint density at radius 3 is 2.13 bits per heavy atom. The molecule has 0 bridgehead atoms. The summed E-state index contributed by atoms with van der Waals surface area (Å²) in [5.41, 5.74) is 4.57. The first-order valence-corrected chi connectivity index (χ1v) is 7.56. The minimum absolute atomic E-state index is 0.0107. The van der Waals surface area contributed by atoms with Crippen molar-refractivity contribution in [2.45, 2.75) is 20.4 Å². The molecule has 2 aromatic carbocycles. The fourth-order valence-electron chi connectivity index (χ4n) is 2.35. The van der Waals surface area contributed by atoms with Crippen molar-refractivity contribution in [3.05, 3.63) is 70.3 Å². The molecule has 120 valence electrons. The van der Waals surface area contributed by atoms with E-state index in [1.807, 2.05) is 44.2 Å². The van der Waals surface area contributed by atoms with Crippen LogP contribution in [0.2, 0.25) is 0 Å². The summed E-state index contributed by atoms with van der Waals surface area (Å²) in [6.07, 6.45) is 0. The summed E-state index contributed by atoms with van der Waals surface area (Å²) in [5, 5.41) is 2.59. The molecule has 0 atom stereocenters. The average Bonchev–Trinajstić information content (AvgIpc) is 2.56. The molecule has 0 heterocycles. The lowest BCUT2D eigenvalue weighted by Gasteiger charge is -2.18. The number of rotatable bonds is 4. The smallest absolute Gasteiger partial charge is 0.253 e. The molecule has 0 fully saturated rings. The molecule has 2 rings (SSSR count). The number of nitrogens with zero attached hydrogens (tertiary/aromatic N) is 1. The van der Waals surface area contributed by atoms with Crippen molar-refractivity contribution < 1.29 is 9.59 Å². The number of carbonyl (C=O) groups is 2. The van der Waals surface area contributed by atoms with E-state index in [0.717, 1.165) is 11.1 Å². The first-order valence-electron chi connectivity index (χ1n) is 7.56. The largest absolute Gasteiger partial charge is 0.355 e. The van der Waals surface area contributed by atoms with Gasteiger partial charge in [-0.2, -0.15) is 0 Å². The number of hydrogen-bond donors (Lipinski definition) is 1. The summed E-state index contributed by atoms with van der Waals surface area (Å²) >= 11 is 0. The number of hydrogen-bond acceptors (Lipinski definition) is 2. The number of aryl methyl sites for hydroxylation is 2. The first kappa shape index (κ1) is 16.7. The van der Waals surface area contributed by atoms with Crippen LogP contribution in [-0.4, -0.2) is 30.8 Å². The Morgan fingerprint density at radius 2 is 1.57 bits per heavy atom. The van der Waals surface area contributed by atoms with E-state index in [1.165, 1.54) is 5.56 Å². The van der Waals surface area contributed by atoms with Crippen molar-refractivity contribution in [1.82, 2.24) is 10.2 Å². The number of nitrogens with one attached hydrogen (secondary N) is 1. The van der Waals surface area contributed by atoms with Crippen molar-refractivity contribution in [1.29, 1.82) is 0 Å². The molecule has 0 aromatic heterocycles. The normalized spacial score (nSPS) is 10.3. The van der Waals surface area contributed by atoms with E-state index in [-0.39, 0.29) is 11.8 Å². The van der Waals surface area contributed by atoms with Gasteiger partial charge in [0.25, 0.3) is 11.8 Å². The second kappa shape index (κ2) is 7.09. The van der Waals surface area contributed by atoms with Crippen LogP contribution in [0.1, 0.15) is 37.4 Å². The zero-order valence-electron chi connectivity index (χ0n) is 14.0. The van der Waals surface area contributed by atoms with Crippen LogP contribution in [0.4, 0.5) is 0 Å². The van der Waals surface area contributed by atoms with Crippen LogP contribution in [0.5, 0.6) is 0 Å². The monoisotopic (exact) mass is 310 g/mol. The van der Waals surface area contributed by atoms with Gasteiger partial charge >= 0.3 is 0 Å². The quantitative estimate of drug-likeness (QED) is 0.944. The summed E-state index contributed by atoms with van der Waals surface area (Å²) in [7, 11) is 3.39. The van der Waals surface area contributed by atoms with Crippen molar-refractivity contribution >= 4 is 11.8 Å². The van der Waals surface area contributed by atoms with Crippen LogP contribution in [0.3, 0.4) is 0 Å². The van der Waals surface area contributed by atoms with E-state index in [9.17, 15) is 9.59 Å². The Kier molecular flexibility index (Phi) is 5.16. The molecule has 0 aliphatic carbocycles. The molecule has 0 unspecified atom stereocenters. The van der Waals surface area contributed by atoms with Gasteiger partial charge in [0, 0.05) is 31.8 Å². The number of benzene rings is 2. The predicted octanol–water partition coefficient (Wildman–Crippen LogP) is 2.94. The lowest BCUT2D eigenvalue weighted by atomic mass is 10.1. The summed E-state index contributed by atoms with van der Waals surface area (Å²) in [6, 6.07) is 13.0. The molecule has 0 aliphatic rings. The zero-order valence-corrected chi connectivity index (χ0v) is 14.0. The molecule has 0 radical (unpaired) electrons. The maximum Gasteiger partial charge on any atom is 0.253 e. The average molecular weight is 310 g/mol. The Bertz CT molecular complexity index is 721. The topological polar surface area (TPSA) is 49.4 Å². The lowest BCUT2D eigenvalue weighted by molar-refractivity contribution is 0.0784. The highest BCUT2D eigenvalue weighted by Crippen LogP contribution is 2.13. The van der Waals surface area contributed by atoms with Crippen molar-refractivity contribution in [2.24, 2.45) is 0 Å². The molecule has 2 aromatic rings. The third-order valence-electron chi connectivity index (χ3n) is 3.96. The van der Waals surface area contributed by atoms with Crippen LogP contribution in [0.15, 0.2) is 42.5 Å². The van der Waals surface area contributed by atoms with Crippen LogP contribution < -0.4 is 5.32 Å². The molecule has 1 N–H and O–H groups in total. The highest BCUT2D eigenvalue weighted by atomic mass is 16.2. The molecule has 4 heteroatoms. The van der Waals surface area contributed by atoms with Crippen molar-refractivity contribution in [3.63, 3.8) is 0 Å². The molecule has 0 saturated carbocycles. The van der Waals surface area contributed by atoms with Gasteiger partial charge in [-0.1, -0.05) is 18.2 Å². The highest BCUT2D eigenvalue weighted by molar-refractivity contribution is 5.95. The van der Waals surface area contributed by atoms with E-state index >= 15 is 0 Å². The standard InChI is InChI=1S/C19H22N2O2/c1-13-5-8-17(11-14(13)2)19(23)21(4)12-15-6-9-16(10-7-15)18(22)20-3/h5-11H,12H2,1-4H3,(H,20,22). The van der Waals surface area contributed by atoms with Crippen LogP contribution in [0.25, 0.3) is 0 Å². The molecular formula is C19H22N2O2.